The van der Waals surface area contributed by atoms with Crippen molar-refractivity contribution >= 4 is 5.91 Å². The number of piperidine rings is 1. The molecular formula is C18H28N2O. The van der Waals surface area contributed by atoms with Gasteiger partial charge in [0, 0.05) is 18.5 Å². The minimum atomic E-state index is -0.402. The zero-order chi connectivity index (χ0) is 16.1. The molecule has 0 saturated carbocycles. The van der Waals surface area contributed by atoms with Crippen molar-refractivity contribution in [3.05, 3.63) is 25.3 Å². The first-order valence-electron chi connectivity index (χ1n) is 7.73. The molecule has 0 aliphatic carbocycles. The highest BCUT2D eigenvalue weighted by molar-refractivity contribution is 5.81. The maximum absolute atomic E-state index is 12.3. The molecule has 0 atom stereocenters. The van der Waals surface area contributed by atoms with Crippen molar-refractivity contribution in [2.75, 3.05) is 13.1 Å². The van der Waals surface area contributed by atoms with Crippen molar-refractivity contribution in [1.82, 2.24) is 4.90 Å². The number of carbonyl (C=O) groups excluding carboxylic acids is 1. The third-order valence-electron chi connectivity index (χ3n) is 4.45. The van der Waals surface area contributed by atoms with Crippen LogP contribution in [0.4, 0.5) is 0 Å². The van der Waals surface area contributed by atoms with Crippen LogP contribution in [0.2, 0.25) is 0 Å². The molecule has 0 aromatic carbocycles. The highest BCUT2D eigenvalue weighted by Gasteiger charge is 2.40. The van der Waals surface area contributed by atoms with Gasteiger partial charge in [0.15, 0.2) is 0 Å². The first-order chi connectivity index (χ1) is 9.80. The fraction of sp³-hybridized carbons (Fsp3) is 0.667. The predicted octanol–water partition coefficient (Wildman–Crippen LogP) is 3.93. The lowest BCUT2D eigenvalue weighted by Gasteiger charge is -2.41. The Hall–Kier alpha value is -1.56. The maximum atomic E-state index is 12.3. The Morgan fingerprint density at radius 1 is 1.24 bits per heavy atom. The van der Waals surface area contributed by atoms with Gasteiger partial charge < -0.3 is 4.90 Å². The average Bonchev–Trinajstić information content (AvgIpc) is 2.45. The van der Waals surface area contributed by atoms with E-state index in [0.717, 1.165) is 25.9 Å². The van der Waals surface area contributed by atoms with Gasteiger partial charge in [-0.3, -0.25) is 4.79 Å². The second-order valence-corrected chi connectivity index (χ2v) is 7.07. The molecule has 1 heterocycles. The predicted molar refractivity (Wildman–Crippen MR) is 86.4 cm³/mol. The van der Waals surface area contributed by atoms with Gasteiger partial charge in [-0.25, -0.2) is 0 Å². The van der Waals surface area contributed by atoms with Crippen LogP contribution in [0.15, 0.2) is 25.3 Å². The van der Waals surface area contributed by atoms with Gasteiger partial charge in [0.2, 0.25) is 5.91 Å². The van der Waals surface area contributed by atoms with Crippen LogP contribution >= 0.6 is 0 Å². The van der Waals surface area contributed by atoms with Crippen LogP contribution in [0.5, 0.6) is 0 Å². The largest absolute Gasteiger partial charge is 0.342 e. The molecule has 0 unspecified atom stereocenters. The normalized spacial score (nSPS) is 17.1. The molecule has 0 N–H and O–H groups in total. The quantitative estimate of drug-likeness (QED) is 0.719. The Morgan fingerprint density at radius 2 is 1.71 bits per heavy atom. The second kappa shape index (κ2) is 6.93. The molecule has 3 nitrogen and oxygen atoms in total. The number of allylic oxidation sites excluding steroid dienone is 2. The zero-order valence-electron chi connectivity index (χ0n) is 13.7. The molecule has 1 saturated heterocycles. The molecule has 0 aromatic heterocycles. The minimum Gasteiger partial charge on any atom is -0.342 e. The molecule has 21 heavy (non-hydrogen) atoms. The fourth-order valence-electron chi connectivity index (χ4n) is 3.22. The van der Waals surface area contributed by atoms with Crippen molar-refractivity contribution in [3.63, 3.8) is 0 Å². The number of hydrogen-bond acceptors (Lipinski definition) is 2. The summed E-state index contributed by atoms with van der Waals surface area (Å²) < 4.78 is 0. The molecule has 1 rings (SSSR count). The van der Waals surface area contributed by atoms with Gasteiger partial charge in [0.1, 0.15) is 0 Å². The first kappa shape index (κ1) is 17.5. The van der Waals surface area contributed by atoms with E-state index in [0.29, 0.717) is 18.8 Å². The van der Waals surface area contributed by atoms with Gasteiger partial charge in [0.25, 0.3) is 0 Å². The molecule has 3 heteroatoms. The molecule has 0 bridgehead atoms. The van der Waals surface area contributed by atoms with Crippen molar-refractivity contribution in [2.24, 2.45) is 16.7 Å². The van der Waals surface area contributed by atoms with Crippen LogP contribution in [-0.2, 0) is 4.79 Å². The average molecular weight is 288 g/mol. The summed E-state index contributed by atoms with van der Waals surface area (Å²) in [7, 11) is 0. The highest BCUT2D eigenvalue weighted by atomic mass is 16.2. The Labute approximate surface area is 129 Å². The molecule has 116 valence electrons. The standard InChI is InChI=1S/C18H28N2O/c1-6-10-18(14-19,11-7-2)15-8-12-20(13-9-15)16(21)17(3,4)5/h6-7,15H,1-2,8-13H2,3-5H3. The molecule has 1 aliphatic heterocycles. The summed E-state index contributed by atoms with van der Waals surface area (Å²) in [6.45, 7) is 15.0. The van der Waals surface area contributed by atoms with Gasteiger partial charge in [-0.15, -0.1) is 13.2 Å². The topological polar surface area (TPSA) is 44.1 Å². The molecule has 1 fully saturated rings. The molecule has 0 aromatic rings. The number of hydrogen-bond donors (Lipinski definition) is 0. The van der Waals surface area contributed by atoms with Crippen LogP contribution < -0.4 is 0 Å². The van der Waals surface area contributed by atoms with E-state index in [2.05, 4.69) is 19.2 Å². The second-order valence-electron chi connectivity index (χ2n) is 7.07. The van der Waals surface area contributed by atoms with E-state index in [4.69, 9.17) is 0 Å². The molecule has 0 radical (unpaired) electrons. The minimum absolute atomic E-state index is 0.205. The lowest BCUT2D eigenvalue weighted by molar-refractivity contribution is -0.141. The zero-order valence-corrected chi connectivity index (χ0v) is 13.7. The number of likely N-dealkylation sites (tertiary alicyclic amines) is 1. The third kappa shape index (κ3) is 3.97. The fourth-order valence-corrected chi connectivity index (χ4v) is 3.22. The van der Waals surface area contributed by atoms with Crippen LogP contribution in [0.25, 0.3) is 0 Å². The summed E-state index contributed by atoms with van der Waals surface area (Å²) in [5.74, 6) is 0.512. The number of carbonyl (C=O) groups is 1. The summed E-state index contributed by atoms with van der Waals surface area (Å²) in [5, 5.41) is 9.67. The number of nitrogens with zero attached hydrogens (tertiary/aromatic N) is 2. The van der Waals surface area contributed by atoms with Crippen molar-refractivity contribution in [3.8, 4) is 6.07 Å². The van der Waals surface area contributed by atoms with Gasteiger partial charge >= 0.3 is 0 Å². The van der Waals surface area contributed by atoms with Crippen LogP contribution in [0.3, 0.4) is 0 Å². The van der Waals surface area contributed by atoms with E-state index >= 15 is 0 Å². The summed E-state index contributed by atoms with van der Waals surface area (Å²) >= 11 is 0. The third-order valence-corrected chi connectivity index (χ3v) is 4.45. The van der Waals surface area contributed by atoms with Gasteiger partial charge in [-0.05, 0) is 31.6 Å². The van der Waals surface area contributed by atoms with Crippen LogP contribution in [-0.4, -0.2) is 23.9 Å². The molecule has 1 amide bonds. The molecule has 0 spiro atoms. The van der Waals surface area contributed by atoms with E-state index < -0.39 is 5.41 Å². The number of rotatable bonds is 5. The van der Waals surface area contributed by atoms with E-state index in [-0.39, 0.29) is 11.3 Å². The Balaban J connectivity index is 2.78. The maximum Gasteiger partial charge on any atom is 0.227 e. The molecule has 1 aliphatic rings. The van der Waals surface area contributed by atoms with E-state index in [1.165, 1.54) is 0 Å². The number of nitriles is 1. The summed E-state index contributed by atoms with van der Waals surface area (Å²) in [5.41, 5.74) is -0.734. The van der Waals surface area contributed by atoms with Crippen molar-refractivity contribution in [2.45, 2.75) is 46.5 Å². The lowest BCUT2D eigenvalue weighted by Crippen LogP contribution is -2.46. The smallest absolute Gasteiger partial charge is 0.227 e. The lowest BCUT2D eigenvalue weighted by atomic mass is 9.67. The first-order valence-corrected chi connectivity index (χ1v) is 7.73. The van der Waals surface area contributed by atoms with E-state index in [1.54, 1.807) is 0 Å². The Kier molecular flexibility index (Phi) is 5.78. The van der Waals surface area contributed by atoms with Gasteiger partial charge in [-0.2, -0.15) is 5.26 Å². The van der Waals surface area contributed by atoms with Gasteiger partial charge in [-0.1, -0.05) is 32.9 Å². The van der Waals surface area contributed by atoms with Crippen molar-refractivity contribution < 1.29 is 4.79 Å². The Bertz CT molecular complexity index is 421. The van der Waals surface area contributed by atoms with E-state index in [9.17, 15) is 10.1 Å². The van der Waals surface area contributed by atoms with Gasteiger partial charge in [0.05, 0.1) is 11.5 Å². The van der Waals surface area contributed by atoms with E-state index in [1.807, 2.05) is 37.8 Å². The summed E-state index contributed by atoms with van der Waals surface area (Å²) in [6.07, 6.45) is 6.81. The van der Waals surface area contributed by atoms with Crippen LogP contribution in [0.1, 0.15) is 46.5 Å². The SMILES string of the molecule is C=CCC(C#N)(CC=C)C1CCN(C(=O)C(C)(C)C)CC1. The molecular weight excluding hydrogens is 260 g/mol. The highest BCUT2D eigenvalue weighted by Crippen LogP contribution is 2.42. The van der Waals surface area contributed by atoms with Crippen LogP contribution in [0, 0.1) is 28.1 Å². The number of amides is 1. The monoisotopic (exact) mass is 288 g/mol. The summed E-state index contributed by atoms with van der Waals surface area (Å²) in [6, 6.07) is 2.52. The van der Waals surface area contributed by atoms with Crippen molar-refractivity contribution in [1.29, 1.82) is 5.26 Å². The summed E-state index contributed by atoms with van der Waals surface area (Å²) in [4.78, 5) is 14.3. The Morgan fingerprint density at radius 3 is 2.05 bits per heavy atom.